The molecule has 25 heavy (non-hydrogen) atoms. The van der Waals surface area contributed by atoms with Crippen molar-refractivity contribution >= 4 is 28.8 Å². The summed E-state index contributed by atoms with van der Waals surface area (Å²) in [6.45, 7) is 3.49. The number of hydrogen-bond acceptors (Lipinski definition) is 6. The number of hydrogen-bond donors (Lipinski definition) is 2. The molecule has 7 nitrogen and oxygen atoms in total. The Morgan fingerprint density at radius 2 is 1.92 bits per heavy atom. The number of anilines is 1. The molecule has 0 atom stereocenters. The summed E-state index contributed by atoms with van der Waals surface area (Å²) in [5.41, 5.74) is 1.17. The summed E-state index contributed by atoms with van der Waals surface area (Å²) in [5.74, 6) is 0.303. The summed E-state index contributed by atoms with van der Waals surface area (Å²) in [6, 6.07) is 10.5. The molecule has 0 aliphatic heterocycles. The normalized spacial score (nSPS) is 10.5. The second kappa shape index (κ2) is 7.27. The summed E-state index contributed by atoms with van der Waals surface area (Å²) >= 11 is 1.45. The van der Waals surface area contributed by atoms with Gasteiger partial charge >= 0.3 is 0 Å². The molecule has 0 aliphatic carbocycles. The third-order valence-electron chi connectivity index (χ3n) is 3.37. The molecule has 2 N–H and O–H groups in total. The van der Waals surface area contributed by atoms with E-state index < -0.39 is 0 Å². The molecule has 0 saturated heterocycles. The number of rotatable bonds is 5. The summed E-state index contributed by atoms with van der Waals surface area (Å²) in [7, 11) is 0. The number of benzene rings is 1. The third-order valence-corrected chi connectivity index (χ3v) is 4.41. The van der Waals surface area contributed by atoms with Crippen molar-refractivity contribution in [3.8, 4) is 10.8 Å². The van der Waals surface area contributed by atoms with Crippen molar-refractivity contribution in [3.05, 3.63) is 52.7 Å². The van der Waals surface area contributed by atoms with Crippen LogP contribution in [0.3, 0.4) is 0 Å². The van der Waals surface area contributed by atoms with Crippen LogP contribution < -0.4 is 10.6 Å². The Labute approximate surface area is 148 Å². The molecule has 0 fully saturated rings. The van der Waals surface area contributed by atoms with Gasteiger partial charge in [-0.3, -0.25) is 9.59 Å². The van der Waals surface area contributed by atoms with E-state index >= 15 is 0 Å². The van der Waals surface area contributed by atoms with Crippen LogP contribution in [0.15, 0.2) is 40.8 Å². The van der Waals surface area contributed by atoms with Crippen LogP contribution in [0.2, 0.25) is 0 Å². The van der Waals surface area contributed by atoms with Crippen LogP contribution in [-0.2, 0) is 4.79 Å². The molecule has 3 aromatic rings. The Balaban J connectivity index is 1.60. The number of thiophene rings is 1. The minimum Gasteiger partial charge on any atom is -0.420 e. The Kier molecular flexibility index (Phi) is 4.90. The number of amides is 2. The highest BCUT2D eigenvalue weighted by Gasteiger charge is 2.14. The van der Waals surface area contributed by atoms with Crippen molar-refractivity contribution in [3.63, 3.8) is 0 Å². The van der Waals surface area contributed by atoms with Crippen molar-refractivity contribution in [2.24, 2.45) is 0 Å². The van der Waals surface area contributed by atoms with Crippen molar-refractivity contribution in [2.75, 3.05) is 11.9 Å². The van der Waals surface area contributed by atoms with Crippen molar-refractivity contribution < 1.29 is 14.0 Å². The van der Waals surface area contributed by atoms with E-state index in [2.05, 4.69) is 20.8 Å². The van der Waals surface area contributed by atoms with Crippen molar-refractivity contribution in [2.45, 2.75) is 13.8 Å². The minimum absolute atomic E-state index is 0.113. The number of nitrogens with zero attached hydrogens (tertiary/aromatic N) is 2. The van der Waals surface area contributed by atoms with E-state index in [1.165, 1.54) is 11.3 Å². The van der Waals surface area contributed by atoms with E-state index in [0.29, 0.717) is 23.0 Å². The first-order valence-corrected chi connectivity index (χ1v) is 8.38. The van der Waals surface area contributed by atoms with Crippen molar-refractivity contribution in [1.82, 2.24) is 15.5 Å². The van der Waals surface area contributed by atoms with E-state index in [1.54, 1.807) is 37.3 Å². The Hall–Kier alpha value is -3.00. The lowest BCUT2D eigenvalue weighted by atomic mass is 10.2. The zero-order valence-electron chi connectivity index (χ0n) is 13.7. The molecule has 2 aromatic heterocycles. The molecular weight excluding hydrogens is 340 g/mol. The standard InChI is InChI=1S/C17H16N4O3S/c1-10-13(8-14(25-10)17-21-20-11(2)24-17)19-15(22)9-18-16(23)12-6-4-3-5-7-12/h3-8H,9H2,1-2H3,(H,18,23)(H,19,22). The fourth-order valence-corrected chi connectivity index (χ4v) is 3.05. The second-order valence-corrected chi connectivity index (χ2v) is 6.56. The van der Waals surface area contributed by atoms with Gasteiger partial charge in [0, 0.05) is 17.4 Å². The summed E-state index contributed by atoms with van der Waals surface area (Å²) in [4.78, 5) is 25.7. The van der Waals surface area contributed by atoms with Gasteiger partial charge in [0.2, 0.25) is 11.8 Å². The van der Waals surface area contributed by atoms with Gasteiger partial charge in [0.05, 0.1) is 17.1 Å². The number of carbonyl (C=O) groups is 2. The maximum atomic E-state index is 12.1. The van der Waals surface area contributed by atoms with Crippen LogP contribution in [0.25, 0.3) is 10.8 Å². The third kappa shape index (κ3) is 4.10. The topological polar surface area (TPSA) is 97.1 Å². The number of nitrogens with one attached hydrogen (secondary N) is 2. The lowest BCUT2D eigenvalue weighted by molar-refractivity contribution is -0.115. The van der Waals surface area contributed by atoms with Crippen LogP contribution in [-0.4, -0.2) is 28.6 Å². The Bertz CT molecular complexity index is 902. The molecule has 1 aromatic carbocycles. The molecule has 128 valence electrons. The second-order valence-electron chi connectivity index (χ2n) is 5.30. The van der Waals surface area contributed by atoms with Gasteiger partial charge in [0.15, 0.2) is 0 Å². The molecule has 8 heteroatoms. The van der Waals surface area contributed by atoms with Gasteiger partial charge in [-0.1, -0.05) is 18.2 Å². The lowest BCUT2D eigenvalue weighted by Gasteiger charge is -2.06. The maximum absolute atomic E-state index is 12.1. The molecule has 0 radical (unpaired) electrons. The molecule has 0 bridgehead atoms. The van der Waals surface area contributed by atoms with Crippen molar-refractivity contribution in [1.29, 1.82) is 0 Å². The van der Waals surface area contributed by atoms with Gasteiger partial charge in [-0.05, 0) is 25.1 Å². The van der Waals surface area contributed by atoms with Gasteiger partial charge in [-0.2, -0.15) is 0 Å². The average Bonchev–Trinajstić information content (AvgIpc) is 3.20. The number of aromatic nitrogens is 2. The first-order valence-electron chi connectivity index (χ1n) is 7.57. The molecule has 0 spiro atoms. The van der Waals surface area contributed by atoms with E-state index in [-0.39, 0.29) is 18.4 Å². The molecule has 0 saturated carbocycles. The molecular formula is C17H16N4O3S. The molecule has 2 amide bonds. The van der Waals surface area contributed by atoms with Gasteiger partial charge in [-0.25, -0.2) is 0 Å². The van der Waals surface area contributed by atoms with E-state index in [4.69, 9.17) is 4.42 Å². The summed E-state index contributed by atoms with van der Waals surface area (Å²) in [6.07, 6.45) is 0. The fourth-order valence-electron chi connectivity index (χ4n) is 2.15. The predicted molar refractivity (Wildman–Crippen MR) is 94.5 cm³/mol. The van der Waals surface area contributed by atoms with Gasteiger partial charge in [0.1, 0.15) is 0 Å². The van der Waals surface area contributed by atoms with Gasteiger partial charge in [-0.15, -0.1) is 21.5 Å². The van der Waals surface area contributed by atoms with Crippen LogP contribution in [0, 0.1) is 13.8 Å². The fraction of sp³-hybridized carbons (Fsp3) is 0.176. The van der Waals surface area contributed by atoms with Crippen LogP contribution in [0.5, 0.6) is 0 Å². The Morgan fingerprint density at radius 1 is 1.16 bits per heavy atom. The molecule has 3 rings (SSSR count). The molecule has 0 unspecified atom stereocenters. The number of carbonyl (C=O) groups excluding carboxylic acids is 2. The minimum atomic E-state index is -0.307. The summed E-state index contributed by atoms with van der Waals surface area (Å²) < 4.78 is 5.39. The van der Waals surface area contributed by atoms with E-state index in [0.717, 1.165) is 9.75 Å². The highest BCUT2D eigenvalue weighted by atomic mass is 32.1. The average molecular weight is 356 g/mol. The quantitative estimate of drug-likeness (QED) is 0.733. The zero-order chi connectivity index (χ0) is 17.8. The Morgan fingerprint density at radius 3 is 2.60 bits per heavy atom. The monoisotopic (exact) mass is 356 g/mol. The SMILES string of the molecule is Cc1nnc(-c2cc(NC(=O)CNC(=O)c3ccccc3)c(C)s2)o1. The smallest absolute Gasteiger partial charge is 0.257 e. The highest BCUT2D eigenvalue weighted by molar-refractivity contribution is 7.15. The number of aryl methyl sites for hydroxylation is 2. The summed E-state index contributed by atoms with van der Waals surface area (Å²) in [5, 5.41) is 13.1. The van der Waals surface area contributed by atoms with Crippen LogP contribution in [0.4, 0.5) is 5.69 Å². The maximum Gasteiger partial charge on any atom is 0.257 e. The first kappa shape index (κ1) is 16.8. The van der Waals surface area contributed by atoms with E-state index in [1.807, 2.05) is 13.0 Å². The first-order chi connectivity index (χ1) is 12.0. The zero-order valence-corrected chi connectivity index (χ0v) is 14.5. The predicted octanol–water partition coefficient (Wildman–Crippen LogP) is 2.78. The molecule has 0 aliphatic rings. The largest absolute Gasteiger partial charge is 0.420 e. The van der Waals surface area contributed by atoms with Crippen LogP contribution >= 0.6 is 11.3 Å². The van der Waals surface area contributed by atoms with Gasteiger partial charge in [0.25, 0.3) is 11.8 Å². The van der Waals surface area contributed by atoms with E-state index in [9.17, 15) is 9.59 Å². The highest BCUT2D eigenvalue weighted by Crippen LogP contribution is 2.33. The lowest BCUT2D eigenvalue weighted by Crippen LogP contribution is -2.32. The molecule has 2 heterocycles. The van der Waals surface area contributed by atoms with Crippen LogP contribution in [0.1, 0.15) is 21.1 Å². The van der Waals surface area contributed by atoms with Gasteiger partial charge < -0.3 is 15.1 Å².